The second kappa shape index (κ2) is 6.17. The van der Waals surface area contributed by atoms with Crippen molar-refractivity contribution >= 4 is 11.9 Å². The largest absolute Gasteiger partial charge is 0.341 e. The van der Waals surface area contributed by atoms with Crippen LogP contribution in [0.4, 0.5) is 5.95 Å². The van der Waals surface area contributed by atoms with Crippen molar-refractivity contribution in [2.24, 2.45) is 0 Å². The molecule has 0 radical (unpaired) electrons. The average molecular weight is 299 g/mol. The Kier molecular flexibility index (Phi) is 4.09. The zero-order valence-corrected chi connectivity index (χ0v) is 13.0. The van der Waals surface area contributed by atoms with Gasteiger partial charge in [-0.1, -0.05) is 0 Å². The first-order chi connectivity index (χ1) is 10.7. The van der Waals surface area contributed by atoms with Crippen molar-refractivity contribution in [2.45, 2.75) is 19.9 Å². The molecule has 0 aromatic carbocycles. The summed E-state index contributed by atoms with van der Waals surface area (Å²) in [6, 6.07) is 5.92. The van der Waals surface area contributed by atoms with Crippen molar-refractivity contribution in [3.05, 3.63) is 42.5 Å². The molecule has 0 bridgehead atoms. The highest BCUT2D eigenvalue weighted by Gasteiger charge is 2.25. The summed E-state index contributed by atoms with van der Waals surface area (Å²) in [5, 5.41) is 0. The van der Waals surface area contributed by atoms with Crippen LogP contribution in [0.3, 0.4) is 0 Å². The number of nitrogens with zero attached hydrogens (tertiary/aromatic N) is 5. The first-order valence-electron chi connectivity index (χ1n) is 7.65. The number of aromatic nitrogens is 3. The van der Waals surface area contributed by atoms with Gasteiger partial charge in [0.1, 0.15) is 5.69 Å². The van der Waals surface area contributed by atoms with Crippen molar-refractivity contribution in [2.75, 3.05) is 31.1 Å². The van der Waals surface area contributed by atoms with Gasteiger partial charge in [-0.2, -0.15) is 0 Å². The molecule has 0 unspecified atom stereocenters. The van der Waals surface area contributed by atoms with Crippen LogP contribution in [0.15, 0.2) is 36.8 Å². The van der Waals surface area contributed by atoms with E-state index in [9.17, 15) is 4.79 Å². The second-order valence-electron chi connectivity index (χ2n) is 5.72. The Morgan fingerprint density at radius 3 is 2.41 bits per heavy atom. The highest BCUT2D eigenvalue weighted by atomic mass is 16.2. The Morgan fingerprint density at radius 2 is 1.77 bits per heavy atom. The topological polar surface area (TPSA) is 54.3 Å². The van der Waals surface area contributed by atoms with Crippen LogP contribution in [-0.2, 0) is 0 Å². The normalized spacial score (nSPS) is 15.4. The Balaban J connectivity index is 1.66. The van der Waals surface area contributed by atoms with Crippen molar-refractivity contribution < 1.29 is 4.79 Å². The van der Waals surface area contributed by atoms with E-state index in [-0.39, 0.29) is 11.9 Å². The maximum Gasteiger partial charge on any atom is 0.270 e. The highest BCUT2D eigenvalue weighted by Crippen LogP contribution is 2.16. The zero-order chi connectivity index (χ0) is 15.5. The van der Waals surface area contributed by atoms with Crippen LogP contribution >= 0.6 is 0 Å². The van der Waals surface area contributed by atoms with Gasteiger partial charge in [0.05, 0.1) is 0 Å². The molecule has 0 aliphatic carbocycles. The lowest BCUT2D eigenvalue weighted by Gasteiger charge is -2.34. The molecule has 0 atom stereocenters. The maximum absolute atomic E-state index is 12.7. The first kappa shape index (κ1) is 14.6. The van der Waals surface area contributed by atoms with E-state index in [2.05, 4.69) is 28.7 Å². The molecule has 1 saturated heterocycles. The molecule has 2 aromatic rings. The second-order valence-corrected chi connectivity index (χ2v) is 5.72. The molecular formula is C16H21N5O. The molecule has 116 valence electrons. The van der Waals surface area contributed by atoms with Crippen LogP contribution < -0.4 is 4.90 Å². The summed E-state index contributed by atoms with van der Waals surface area (Å²) in [6.45, 7) is 7.08. The number of hydrogen-bond acceptors (Lipinski definition) is 4. The van der Waals surface area contributed by atoms with E-state index in [4.69, 9.17) is 0 Å². The van der Waals surface area contributed by atoms with Crippen LogP contribution in [0.2, 0.25) is 0 Å². The Morgan fingerprint density at radius 1 is 1.09 bits per heavy atom. The molecule has 1 aliphatic heterocycles. The van der Waals surface area contributed by atoms with E-state index in [0.717, 1.165) is 24.7 Å². The monoisotopic (exact) mass is 299 g/mol. The minimum Gasteiger partial charge on any atom is -0.341 e. The fraction of sp³-hybridized carbons (Fsp3) is 0.438. The molecule has 0 spiro atoms. The predicted molar refractivity (Wildman–Crippen MR) is 85.0 cm³/mol. The number of anilines is 1. The molecule has 1 fully saturated rings. The SMILES string of the molecule is CC(C)n1cccc1C(=O)N1CCN(c2ncccn2)CC1. The molecule has 3 rings (SSSR count). The quantitative estimate of drug-likeness (QED) is 0.867. The van der Waals surface area contributed by atoms with Gasteiger partial charge in [-0.15, -0.1) is 0 Å². The minimum atomic E-state index is 0.104. The molecule has 0 N–H and O–H groups in total. The fourth-order valence-corrected chi connectivity index (χ4v) is 2.75. The van der Waals surface area contributed by atoms with Crippen LogP contribution in [0.25, 0.3) is 0 Å². The van der Waals surface area contributed by atoms with Gasteiger partial charge in [-0.25, -0.2) is 9.97 Å². The lowest BCUT2D eigenvalue weighted by atomic mass is 10.2. The third-order valence-electron chi connectivity index (χ3n) is 3.96. The summed E-state index contributed by atoms with van der Waals surface area (Å²) < 4.78 is 2.02. The third-order valence-corrected chi connectivity index (χ3v) is 3.96. The van der Waals surface area contributed by atoms with Gasteiger partial charge >= 0.3 is 0 Å². The van der Waals surface area contributed by atoms with Gasteiger partial charge in [0.15, 0.2) is 0 Å². The van der Waals surface area contributed by atoms with Crippen molar-refractivity contribution in [3.8, 4) is 0 Å². The summed E-state index contributed by atoms with van der Waals surface area (Å²) >= 11 is 0. The van der Waals surface area contributed by atoms with Crippen LogP contribution in [0.5, 0.6) is 0 Å². The predicted octanol–water partition coefficient (Wildman–Crippen LogP) is 1.82. The van der Waals surface area contributed by atoms with E-state index in [1.807, 2.05) is 33.9 Å². The van der Waals surface area contributed by atoms with Crippen molar-refractivity contribution in [1.29, 1.82) is 0 Å². The minimum absolute atomic E-state index is 0.104. The molecule has 6 heteroatoms. The summed E-state index contributed by atoms with van der Waals surface area (Å²) in [6.07, 6.45) is 5.46. The fourth-order valence-electron chi connectivity index (χ4n) is 2.75. The number of piperazine rings is 1. The summed E-state index contributed by atoms with van der Waals surface area (Å²) in [7, 11) is 0. The molecule has 1 amide bonds. The Labute approximate surface area is 130 Å². The average Bonchev–Trinajstić information content (AvgIpc) is 3.05. The number of carbonyl (C=O) groups excluding carboxylic acids is 1. The molecule has 3 heterocycles. The van der Waals surface area contributed by atoms with Crippen molar-refractivity contribution in [3.63, 3.8) is 0 Å². The van der Waals surface area contributed by atoms with E-state index < -0.39 is 0 Å². The molecular weight excluding hydrogens is 278 g/mol. The first-order valence-corrected chi connectivity index (χ1v) is 7.65. The summed E-state index contributed by atoms with van der Waals surface area (Å²) in [5.74, 6) is 0.840. The molecule has 6 nitrogen and oxygen atoms in total. The smallest absolute Gasteiger partial charge is 0.270 e. The highest BCUT2D eigenvalue weighted by molar-refractivity contribution is 5.93. The van der Waals surface area contributed by atoms with Gasteiger partial charge in [-0.3, -0.25) is 4.79 Å². The lowest BCUT2D eigenvalue weighted by molar-refractivity contribution is 0.0733. The molecule has 1 aliphatic rings. The number of carbonyl (C=O) groups is 1. The van der Waals surface area contributed by atoms with Crippen LogP contribution in [0, 0.1) is 0 Å². The molecule has 2 aromatic heterocycles. The van der Waals surface area contributed by atoms with Gasteiger partial charge < -0.3 is 14.4 Å². The van der Waals surface area contributed by atoms with Gasteiger partial charge in [0.25, 0.3) is 5.91 Å². The maximum atomic E-state index is 12.7. The standard InChI is InChI=1S/C16H21N5O/c1-13(2)21-8-3-5-14(21)15(22)19-9-11-20(12-10-19)16-17-6-4-7-18-16/h3-8,13H,9-12H2,1-2H3. The van der Waals surface area contributed by atoms with E-state index >= 15 is 0 Å². The number of rotatable bonds is 3. The van der Waals surface area contributed by atoms with E-state index in [1.165, 1.54) is 0 Å². The van der Waals surface area contributed by atoms with E-state index in [0.29, 0.717) is 13.1 Å². The number of amides is 1. The van der Waals surface area contributed by atoms with Crippen molar-refractivity contribution in [1.82, 2.24) is 19.4 Å². The van der Waals surface area contributed by atoms with E-state index in [1.54, 1.807) is 12.4 Å². The van der Waals surface area contributed by atoms with Crippen LogP contribution in [-0.4, -0.2) is 51.5 Å². The van der Waals surface area contributed by atoms with Gasteiger partial charge in [0.2, 0.25) is 5.95 Å². The number of hydrogen-bond donors (Lipinski definition) is 0. The third kappa shape index (κ3) is 2.81. The van der Waals surface area contributed by atoms with Crippen LogP contribution in [0.1, 0.15) is 30.4 Å². The molecule has 0 saturated carbocycles. The Bertz CT molecular complexity index is 629. The lowest BCUT2D eigenvalue weighted by Crippen LogP contribution is -2.49. The Hall–Kier alpha value is -2.37. The zero-order valence-electron chi connectivity index (χ0n) is 13.0. The molecule has 22 heavy (non-hydrogen) atoms. The van der Waals surface area contributed by atoms with Gasteiger partial charge in [0, 0.05) is 50.8 Å². The summed E-state index contributed by atoms with van der Waals surface area (Å²) in [4.78, 5) is 25.2. The van der Waals surface area contributed by atoms with Gasteiger partial charge in [-0.05, 0) is 32.0 Å². The summed E-state index contributed by atoms with van der Waals surface area (Å²) in [5.41, 5.74) is 0.763.